The number of rotatable bonds is 3. The van der Waals surface area contributed by atoms with E-state index in [1.807, 2.05) is 0 Å². The molecule has 0 aromatic rings. The van der Waals surface area contributed by atoms with E-state index in [4.69, 9.17) is 4.74 Å². The van der Waals surface area contributed by atoms with Gasteiger partial charge in [-0.15, -0.1) is 0 Å². The predicted octanol–water partition coefficient (Wildman–Crippen LogP) is 2.14. The summed E-state index contributed by atoms with van der Waals surface area (Å²) in [6.45, 7) is 10.7. The molecule has 2 aliphatic rings. The smallest absolute Gasteiger partial charge is 0.0700 e. The van der Waals surface area contributed by atoms with E-state index in [1.165, 1.54) is 6.42 Å². The normalized spacial score (nSPS) is 43.0. The number of morpholine rings is 1. The third-order valence-corrected chi connectivity index (χ3v) is 4.79. The van der Waals surface area contributed by atoms with Crippen molar-refractivity contribution in [3.05, 3.63) is 0 Å². The van der Waals surface area contributed by atoms with E-state index in [0.29, 0.717) is 23.9 Å². The van der Waals surface area contributed by atoms with Gasteiger partial charge in [0, 0.05) is 25.6 Å². The van der Waals surface area contributed by atoms with Crippen molar-refractivity contribution in [2.24, 2.45) is 17.8 Å². The van der Waals surface area contributed by atoms with Crippen LogP contribution in [0.2, 0.25) is 0 Å². The van der Waals surface area contributed by atoms with Crippen LogP contribution in [0.25, 0.3) is 0 Å². The molecule has 0 aromatic carbocycles. The summed E-state index contributed by atoms with van der Waals surface area (Å²) in [6.07, 6.45) is 3.64. The van der Waals surface area contributed by atoms with Crippen molar-refractivity contribution in [1.29, 1.82) is 0 Å². The summed E-state index contributed by atoms with van der Waals surface area (Å²) >= 11 is 0. The first-order chi connectivity index (χ1) is 8.60. The molecule has 0 bridgehead atoms. The second-order valence-electron chi connectivity index (χ2n) is 6.45. The maximum absolute atomic E-state index is 10.3. The van der Waals surface area contributed by atoms with E-state index in [-0.39, 0.29) is 6.10 Å². The first kappa shape index (κ1) is 14.3. The predicted molar refractivity (Wildman–Crippen MR) is 73.5 cm³/mol. The van der Waals surface area contributed by atoms with Crippen molar-refractivity contribution in [3.63, 3.8) is 0 Å². The number of aliphatic hydroxyl groups excluding tert-OH is 1. The lowest BCUT2D eigenvalue weighted by Crippen LogP contribution is -2.48. The Kier molecular flexibility index (Phi) is 5.05. The quantitative estimate of drug-likeness (QED) is 0.838. The summed E-state index contributed by atoms with van der Waals surface area (Å²) in [4.78, 5) is 2.50. The van der Waals surface area contributed by atoms with E-state index < -0.39 is 0 Å². The van der Waals surface area contributed by atoms with Crippen LogP contribution < -0.4 is 0 Å². The van der Waals surface area contributed by atoms with Gasteiger partial charge in [-0.05, 0) is 31.1 Å². The van der Waals surface area contributed by atoms with Gasteiger partial charge in [0.05, 0.1) is 18.8 Å². The fourth-order valence-electron chi connectivity index (χ4n) is 3.66. The first-order valence-corrected chi connectivity index (χ1v) is 7.62. The molecule has 2 fully saturated rings. The Morgan fingerprint density at radius 3 is 2.72 bits per heavy atom. The van der Waals surface area contributed by atoms with Gasteiger partial charge in [0.1, 0.15) is 0 Å². The summed E-state index contributed by atoms with van der Waals surface area (Å²) in [7, 11) is 0. The van der Waals surface area contributed by atoms with Crippen LogP contribution in [-0.4, -0.2) is 48.5 Å². The van der Waals surface area contributed by atoms with Crippen molar-refractivity contribution in [2.75, 3.05) is 26.2 Å². The molecule has 1 N–H and O–H groups in total. The zero-order valence-electron chi connectivity index (χ0n) is 12.1. The van der Waals surface area contributed by atoms with Crippen LogP contribution in [0.3, 0.4) is 0 Å². The van der Waals surface area contributed by atoms with E-state index in [9.17, 15) is 5.11 Å². The third kappa shape index (κ3) is 3.46. The summed E-state index contributed by atoms with van der Waals surface area (Å²) in [6, 6.07) is 0. The molecule has 0 radical (unpaired) electrons. The number of hydrogen-bond donors (Lipinski definition) is 1. The van der Waals surface area contributed by atoms with Crippen LogP contribution in [0.5, 0.6) is 0 Å². The highest BCUT2D eigenvalue weighted by Gasteiger charge is 2.34. The molecule has 18 heavy (non-hydrogen) atoms. The maximum atomic E-state index is 10.3. The Bertz CT molecular complexity index is 247. The van der Waals surface area contributed by atoms with Crippen LogP contribution in [-0.2, 0) is 4.74 Å². The van der Waals surface area contributed by atoms with Crippen molar-refractivity contribution in [2.45, 2.75) is 52.2 Å². The van der Waals surface area contributed by atoms with Gasteiger partial charge in [-0.1, -0.05) is 20.8 Å². The van der Waals surface area contributed by atoms with E-state index in [2.05, 4.69) is 25.7 Å². The van der Waals surface area contributed by atoms with Gasteiger partial charge in [-0.25, -0.2) is 0 Å². The fourth-order valence-corrected chi connectivity index (χ4v) is 3.66. The largest absolute Gasteiger partial charge is 0.393 e. The summed E-state index contributed by atoms with van der Waals surface area (Å²) in [5, 5.41) is 10.3. The summed E-state index contributed by atoms with van der Waals surface area (Å²) < 4.78 is 5.71. The van der Waals surface area contributed by atoms with Crippen molar-refractivity contribution in [3.8, 4) is 0 Å². The molecule has 2 rings (SSSR count). The van der Waals surface area contributed by atoms with Gasteiger partial charge in [0.15, 0.2) is 0 Å². The molecular formula is C15H29NO2. The Morgan fingerprint density at radius 2 is 2.06 bits per heavy atom. The molecule has 5 atom stereocenters. The number of hydrogen-bond acceptors (Lipinski definition) is 3. The molecule has 5 unspecified atom stereocenters. The number of aliphatic hydroxyl groups is 1. The van der Waals surface area contributed by atoms with Gasteiger partial charge in [0.25, 0.3) is 0 Å². The molecule has 1 aliphatic carbocycles. The van der Waals surface area contributed by atoms with Crippen LogP contribution in [0.1, 0.15) is 40.0 Å². The minimum Gasteiger partial charge on any atom is -0.393 e. The Labute approximate surface area is 112 Å². The minimum atomic E-state index is -0.105. The lowest BCUT2D eigenvalue weighted by molar-refractivity contribution is -0.0571. The average Bonchev–Trinajstić information content (AvgIpc) is 2.34. The lowest BCUT2D eigenvalue weighted by Gasteiger charge is -2.41. The molecular weight excluding hydrogens is 226 g/mol. The van der Waals surface area contributed by atoms with Crippen molar-refractivity contribution >= 4 is 0 Å². The minimum absolute atomic E-state index is 0.105. The zero-order chi connectivity index (χ0) is 13.1. The highest BCUT2D eigenvalue weighted by Crippen LogP contribution is 2.34. The molecule has 0 aromatic heterocycles. The van der Waals surface area contributed by atoms with Crippen LogP contribution in [0.4, 0.5) is 0 Å². The Hall–Kier alpha value is -0.120. The summed E-state index contributed by atoms with van der Waals surface area (Å²) in [5.41, 5.74) is 0. The Morgan fingerprint density at radius 1 is 1.28 bits per heavy atom. The van der Waals surface area contributed by atoms with Gasteiger partial charge in [-0.3, -0.25) is 4.90 Å². The van der Waals surface area contributed by atoms with E-state index >= 15 is 0 Å². The molecule has 1 saturated carbocycles. The molecule has 3 heteroatoms. The van der Waals surface area contributed by atoms with Crippen LogP contribution in [0.15, 0.2) is 0 Å². The third-order valence-electron chi connectivity index (χ3n) is 4.79. The van der Waals surface area contributed by atoms with E-state index in [1.54, 1.807) is 0 Å². The zero-order valence-corrected chi connectivity index (χ0v) is 12.1. The monoisotopic (exact) mass is 255 g/mol. The molecule has 106 valence electrons. The van der Waals surface area contributed by atoms with Crippen molar-refractivity contribution in [1.82, 2.24) is 4.90 Å². The van der Waals surface area contributed by atoms with Crippen molar-refractivity contribution < 1.29 is 9.84 Å². The average molecular weight is 255 g/mol. The molecule has 3 nitrogen and oxygen atoms in total. The number of ether oxygens (including phenoxy) is 1. The summed E-state index contributed by atoms with van der Waals surface area (Å²) in [5.74, 6) is 1.78. The van der Waals surface area contributed by atoms with Gasteiger partial charge >= 0.3 is 0 Å². The van der Waals surface area contributed by atoms with Crippen LogP contribution >= 0.6 is 0 Å². The highest BCUT2D eigenvalue weighted by molar-refractivity contribution is 4.86. The second kappa shape index (κ2) is 6.36. The van der Waals surface area contributed by atoms with Gasteiger partial charge < -0.3 is 9.84 Å². The Balaban J connectivity index is 1.87. The fraction of sp³-hybridized carbons (Fsp3) is 1.00. The lowest BCUT2D eigenvalue weighted by atomic mass is 9.73. The number of nitrogens with zero attached hydrogens (tertiary/aromatic N) is 1. The molecule has 0 spiro atoms. The van der Waals surface area contributed by atoms with Crippen LogP contribution in [0, 0.1) is 17.8 Å². The topological polar surface area (TPSA) is 32.7 Å². The molecule has 1 saturated heterocycles. The van der Waals surface area contributed by atoms with Gasteiger partial charge in [0.2, 0.25) is 0 Å². The van der Waals surface area contributed by atoms with Gasteiger partial charge in [-0.2, -0.15) is 0 Å². The molecule has 1 heterocycles. The maximum Gasteiger partial charge on any atom is 0.0700 e. The van der Waals surface area contributed by atoms with E-state index in [0.717, 1.165) is 39.1 Å². The SMILES string of the molecule is CCC1CN(CC2C(C)CC(C)CC2O)CCO1. The molecule has 1 aliphatic heterocycles. The highest BCUT2D eigenvalue weighted by atomic mass is 16.5. The second-order valence-corrected chi connectivity index (χ2v) is 6.45. The standard InChI is InChI=1S/C15H29NO2/c1-4-13-9-16(5-6-18-13)10-14-12(3)7-11(2)8-15(14)17/h11-15,17H,4-10H2,1-3H3. The first-order valence-electron chi connectivity index (χ1n) is 7.62. The molecule has 0 amide bonds.